The molecule has 6 nitrogen and oxygen atoms in total. The van der Waals surface area contributed by atoms with Crippen LogP contribution in [0, 0.1) is 5.92 Å². The number of nitrogens with two attached hydrogens (primary N) is 1. The van der Waals surface area contributed by atoms with E-state index in [1.54, 1.807) is 22.6 Å². The number of likely N-dealkylation sites (N-methyl/N-ethyl adjacent to an activating group) is 1. The van der Waals surface area contributed by atoms with Gasteiger partial charge in [0.1, 0.15) is 17.0 Å². The summed E-state index contributed by atoms with van der Waals surface area (Å²) in [6, 6.07) is 2.13. The van der Waals surface area contributed by atoms with Gasteiger partial charge in [0, 0.05) is 32.7 Å². The average molecular weight is 370 g/mol. The molecule has 0 aliphatic carbocycles. The molecule has 1 saturated heterocycles. The minimum absolute atomic E-state index is 0. The number of thiophene rings is 1. The molecule has 1 amide bonds. The largest absolute Gasteiger partial charge is 0.355 e. The summed E-state index contributed by atoms with van der Waals surface area (Å²) in [6.07, 6.45) is 3.54. The number of amides is 1. The predicted octanol–water partition coefficient (Wildman–Crippen LogP) is 2.14. The maximum atomic E-state index is 12.7. The molecule has 2 aromatic heterocycles. The lowest BCUT2D eigenvalue weighted by Crippen LogP contribution is -2.48. The van der Waals surface area contributed by atoms with Gasteiger partial charge in [0.25, 0.3) is 0 Å². The van der Waals surface area contributed by atoms with Gasteiger partial charge >= 0.3 is 0 Å². The second-order valence-corrected chi connectivity index (χ2v) is 7.05. The molecule has 3 heterocycles. The summed E-state index contributed by atoms with van der Waals surface area (Å²) in [5.41, 5.74) is 5.69. The van der Waals surface area contributed by atoms with Gasteiger partial charge in [-0.15, -0.1) is 23.7 Å². The number of carbonyl (C=O) groups excluding carboxylic acids is 1. The zero-order valence-corrected chi connectivity index (χ0v) is 15.6. The number of hydrogen-bond donors (Lipinski definition) is 1. The SMILES string of the molecule is CC(CN)N(C)C(=O)C1CCCN(c2ncnc3sccc23)C1.Cl. The third-order valence-corrected chi connectivity index (χ3v) is 5.48. The third-order valence-electron chi connectivity index (χ3n) is 4.66. The van der Waals surface area contributed by atoms with E-state index >= 15 is 0 Å². The van der Waals surface area contributed by atoms with Crippen molar-refractivity contribution in [3.63, 3.8) is 0 Å². The lowest BCUT2D eigenvalue weighted by molar-refractivity contribution is -0.136. The van der Waals surface area contributed by atoms with Gasteiger partial charge in [-0.25, -0.2) is 9.97 Å². The van der Waals surface area contributed by atoms with E-state index in [4.69, 9.17) is 5.73 Å². The molecule has 1 aliphatic heterocycles. The standard InChI is InChI=1S/C16H23N5OS.ClH/c1-11(8-17)20(2)16(22)12-4-3-6-21(9-12)14-13-5-7-23-15(13)19-10-18-14;/h5,7,10-12H,3-4,6,8-9,17H2,1-2H3;1H. The van der Waals surface area contributed by atoms with Gasteiger partial charge < -0.3 is 15.5 Å². The Kier molecular flexibility index (Phi) is 6.37. The van der Waals surface area contributed by atoms with Crippen molar-refractivity contribution in [3.05, 3.63) is 17.8 Å². The Hall–Kier alpha value is -1.44. The topological polar surface area (TPSA) is 75.3 Å². The molecule has 0 aromatic carbocycles. The van der Waals surface area contributed by atoms with Crippen LogP contribution in [0.4, 0.5) is 5.82 Å². The summed E-state index contributed by atoms with van der Waals surface area (Å²) in [5.74, 6) is 1.14. The van der Waals surface area contributed by atoms with E-state index in [0.717, 1.165) is 35.4 Å². The lowest BCUT2D eigenvalue weighted by Gasteiger charge is -2.36. The molecule has 0 spiro atoms. The molecule has 132 valence electrons. The zero-order valence-electron chi connectivity index (χ0n) is 14.0. The molecular formula is C16H24ClN5OS. The van der Waals surface area contributed by atoms with Gasteiger partial charge in [-0.05, 0) is 31.2 Å². The monoisotopic (exact) mass is 369 g/mol. The molecule has 1 fully saturated rings. The lowest BCUT2D eigenvalue weighted by atomic mass is 9.96. The summed E-state index contributed by atoms with van der Waals surface area (Å²) in [5, 5.41) is 3.11. The molecule has 1 aliphatic rings. The Balaban J connectivity index is 0.00000208. The van der Waals surface area contributed by atoms with Crippen molar-refractivity contribution < 1.29 is 4.79 Å². The van der Waals surface area contributed by atoms with Gasteiger partial charge in [0.2, 0.25) is 5.91 Å². The van der Waals surface area contributed by atoms with Crippen molar-refractivity contribution in [2.75, 3.05) is 31.6 Å². The van der Waals surface area contributed by atoms with Gasteiger partial charge in [-0.3, -0.25) is 4.79 Å². The fourth-order valence-electron chi connectivity index (χ4n) is 3.06. The number of anilines is 1. The molecule has 2 atom stereocenters. The first-order valence-electron chi connectivity index (χ1n) is 8.01. The second kappa shape index (κ2) is 8.09. The highest BCUT2D eigenvalue weighted by Gasteiger charge is 2.30. The van der Waals surface area contributed by atoms with Crippen molar-refractivity contribution >= 4 is 45.7 Å². The van der Waals surface area contributed by atoms with Crippen LogP contribution < -0.4 is 10.6 Å². The normalized spacial score (nSPS) is 19.0. The summed E-state index contributed by atoms with van der Waals surface area (Å²) in [4.78, 5) is 26.5. The Labute approximate surface area is 152 Å². The summed E-state index contributed by atoms with van der Waals surface area (Å²) < 4.78 is 0. The number of carbonyl (C=O) groups is 1. The van der Waals surface area contributed by atoms with E-state index in [1.807, 2.05) is 19.4 Å². The number of aromatic nitrogens is 2. The molecule has 2 aromatic rings. The van der Waals surface area contributed by atoms with Crippen LogP contribution in [0.5, 0.6) is 0 Å². The van der Waals surface area contributed by atoms with E-state index in [0.29, 0.717) is 13.1 Å². The number of piperidine rings is 1. The number of fused-ring (bicyclic) bond motifs is 1. The van der Waals surface area contributed by atoms with Crippen LogP contribution in [0.15, 0.2) is 17.8 Å². The van der Waals surface area contributed by atoms with Crippen LogP contribution in [0.25, 0.3) is 10.2 Å². The van der Waals surface area contributed by atoms with E-state index < -0.39 is 0 Å². The van der Waals surface area contributed by atoms with Gasteiger partial charge in [0.05, 0.1) is 11.3 Å². The Morgan fingerprint density at radius 1 is 1.54 bits per heavy atom. The predicted molar refractivity (Wildman–Crippen MR) is 101 cm³/mol. The number of hydrogen-bond acceptors (Lipinski definition) is 6. The van der Waals surface area contributed by atoms with Crippen LogP contribution in [-0.4, -0.2) is 53.5 Å². The molecule has 2 N–H and O–H groups in total. The van der Waals surface area contributed by atoms with Crippen LogP contribution in [0.1, 0.15) is 19.8 Å². The zero-order chi connectivity index (χ0) is 16.4. The molecule has 0 bridgehead atoms. The molecule has 8 heteroatoms. The Bertz CT molecular complexity index is 694. The second-order valence-electron chi connectivity index (χ2n) is 6.16. The van der Waals surface area contributed by atoms with Crippen molar-refractivity contribution in [1.29, 1.82) is 0 Å². The molecule has 0 saturated carbocycles. The molecular weight excluding hydrogens is 346 g/mol. The first-order valence-corrected chi connectivity index (χ1v) is 8.89. The molecule has 2 unspecified atom stereocenters. The number of rotatable bonds is 4. The quantitative estimate of drug-likeness (QED) is 0.893. The van der Waals surface area contributed by atoms with Crippen LogP contribution in [0.3, 0.4) is 0 Å². The molecule has 0 radical (unpaired) electrons. The van der Waals surface area contributed by atoms with Gasteiger partial charge in [-0.1, -0.05) is 0 Å². The first-order chi connectivity index (χ1) is 11.1. The van der Waals surface area contributed by atoms with E-state index in [9.17, 15) is 4.79 Å². The van der Waals surface area contributed by atoms with Crippen molar-refractivity contribution in [3.8, 4) is 0 Å². The highest BCUT2D eigenvalue weighted by atomic mass is 35.5. The highest BCUT2D eigenvalue weighted by molar-refractivity contribution is 7.16. The minimum atomic E-state index is 0. The first kappa shape index (κ1) is 18.9. The number of nitrogens with zero attached hydrogens (tertiary/aromatic N) is 4. The van der Waals surface area contributed by atoms with E-state index in [2.05, 4.69) is 20.9 Å². The summed E-state index contributed by atoms with van der Waals surface area (Å²) in [7, 11) is 1.85. The average Bonchev–Trinajstić information content (AvgIpc) is 3.08. The Morgan fingerprint density at radius 3 is 3.08 bits per heavy atom. The molecule has 24 heavy (non-hydrogen) atoms. The summed E-state index contributed by atoms with van der Waals surface area (Å²) >= 11 is 1.62. The minimum Gasteiger partial charge on any atom is -0.355 e. The highest BCUT2D eigenvalue weighted by Crippen LogP contribution is 2.30. The van der Waals surface area contributed by atoms with Crippen molar-refractivity contribution in [1.82, 2.24) is 14.9 Å². The smallest absolute Gasteiger partial charge is 0.227 e. The van der Waals surface area contributed by atoms with E-state index in [1.165, 1.54) is 0 Å². The van der Waals surface area contributed by atoms with Gasteiger partial charge in [-0.2, -0.15) is 0 Å². The maximum Gasteiger partial charge on any atom is 0.227 e. The Morgan fingerprint density at radius 2 is 2.33 bits per heavy atom. The van der Waals surface area contributed by atoms with Crippen LogP contribution in [0.2, 0.25) is 0 Å². The van der Waals surface area contributed by atoms with Crippen molar-refractivity contribution in [2.24, 2.45) is 11.7 Å². The van der Waals surface area contributed by atoms with Crippen molar-refractivity contribution in [2.45, 2.75) is 25.8 Å². The summed E-state index contributed by atoms with van der Waals surface area (Å²) in [6.45, 7) is 4.11. The van der Waals surface area contributed by atoms with Gasteiger partial charge in [0.15, 0.2) is 0 Å². The van der Waals surface area contributed by atoms with E-state index in [-0.39, 0.29) is 30.3 Å². The maximum absolute atomic E-state index is 12.7. The third kappa shape index (κ3) is 3.63. The molecule has 3 rings (SSSR count). The fourth-order valence-corrected chi connectivity index (χ4v) is 3.79. The van der Waals surface area contributed by atoms with Crippen LogP contribution in [-0.2, 0) is 4.79 Å². The van der Waals surface area contributed by atoms with Crippen LogP contribution >= 0.6 is 23.7 Å². The number of halogens is 1. The fraction of sp³-hybridized carbons (Fsp3) is 0.562.